The summed E-state index contributed by atoms with van der Waals surface area (Å²) in [4.78, 5) is 39.4. The smallest absolute Gasteiger partial charge is 0.336 e. The number of carbonyl (C=O) groups excluding carboxylic acids is 2. The molecule has 0 aromatic carbocycles. The van der Waals surface area contributed by atoms with E-state index in [0.29, 0.717) is 4.90 Å². The maximum atomic E-state index is 11.7. The monoisotopic (exact) mass is 249 g/mol. The van der Waals surface area contributed by atoms with E-state index in [1.54, 1.807) is 12.1 Å². The number of urea groups is 1. The average molecular weight is 249 g/mol. The number of carboxylic acids is 1. The molecule has 7 nitrogen and oxygen atoms in total. The molecule has 1 atom stereocenters. The quantitative estimate of drug-likeness (QED) is 0.730. The number of nitrogens with zero attached hydrogens (tertiary/aromatic N) is 2. The molecule has 1 saturated heterocycles. The average Bonchev–Trinajstić information content (AvgIpc) is 2.69. The summed E-state index contributed by atoms with van der Waals surface area (Å²) < 4.78 is 0. The Labute approximate surface area is 102 Å². The summed E-state index contributed by atoms with van der Waals surface area (Å²) in [7, 11) is 0. The summed E-state index contributed by atoms with van der Waals surface area (Å²) >= 11 is 0. The van der Waals surface area contributed by atoms with Crippen LogP contribution in [0.5, 0.6) is 0 Å². The normalized spacial score (nSPS) is 18.4. The van der Waals surface area contributed by atoms with Crippen molar-refractivity contribution in [2.24, 2.45) is 0 Å². The summed E-state index contributed by atoms with van der Waals surface area (Å²) in [6, 6.07) is 3.96. The minimum atomic E-state index is -1.81. The number of nitrogens with one attached hydrogen (secondary N) is 1. The van der Waals surface area contributed by atoms with E-state index in [1.165, 1.54) is 19.2 Å². The highest BCUT2D eigenvalue weighted by molar-refractivity contribution is 6.06. The lowest BCUT2D eigenvalue weighted by atomic mass is 9.95. The molecule has 0 bridgehead atoms. The van der Waals surface area contributed by atoms with Crippen molar-refractivity contribution in [1.29, 1.82) is 0 Å². The number of aliphatic carboxylic acids is 1. The van der Waals surface area contributed by atoms with E-state index < -0.39 is 23.4 Å². The maximum absolute atomic E-state index is 11.7. The van der Waals surface area contributed by atoms with Gasteiger partial charge in [0, 0.05) is 6.20 Å². The lowest BCUT2D eigenvalue weighted by molar-refractivity contribution is -0.154. The molecule has 18 heavy (non-hydrogen) atoms. The number of aromatic nitrogens is 1. The summed E-state index contributed by atoms with van der Waals surface area (Å²) in [5, 5.41) is 11.7. The number of hydrogen-bond donors (Lipinski definition) is 2. The third-order valence-corrected chi connectivity index (χ3v) is 2.87. The molecule has 0 aliphatic carbocycles. The van der Waals surface area contributed by atoms with Crippen molar-refractivity contribution in [3.63, 3.8) is 0 Å². The Morgan fingerprint density at radius 3 is 2.67 bits per heavy atom. The minimum Gasteiger partial charge on any atom is -0.479 e. The first-order valence-electron chi connectivity index (χ1n) is 5.23. The molecular weight excluding hydrogens is 238 g/mol. The van der Waals surface area contributed by atoms with Gasteiger partial charge in [0.1, 0.15) is 0 Å². The maximum Gasteiger partial charge on any atom is 0.336 e. The Balaban J connectivity index is 2.55. The fourth-order valence-electron chi connectivity index (χ4n) is 1.85. The van der Waals surface area contributed by atoms with Crippen molar-refractivity contribution in [3.05, 3.63) is 30.1 Å². The molecular formula is C11H11N3O4. The number of pyridine rings is 1. The number of carboxylic acid groups (broad SMARTS) is 1. The fourth-order valence-corrected chi connectivity index (χ4v) is 1.85. The molecule has 1 aliphatic rings. The summed E-state index contributed by atoms with van der Waals surface area (Å²) in [6.45, 7) is 1.08. The molecule has 1 aliphatic heterocycles. The standard InChI is InChI=1S/C11H11N3O4/c1-11(9(16)17,7-4-2-3-5-12-7)14-8(15)6-13-10(14)18/h2-5H,6H2,1H3,(H,13,18)(H,16,17). The summed E-state index contributed by atoms with van der Waals surface area (Å²) in [6.07, 6.45) is 1.41. The number of rotatable bonds is 3. The molecule has 0 saturated carbocycles. The predicted octanol–water partition coefficient (Wildman–Crippen LogP) is -0.0668. The van der Waals surface area contributed by atoms with Crippen LogP contribution in [0.15, 0.2) is 24.4 Å². The van der Waals surface area contributed by atoms with Crippen LogP contribution in [-0.2, 0) is 15.1 Å². The molecule has 1 aromatic heterocycles. The van der Waals surface area contributed by atoms with Gasteiger partial charge in [-0.15, -0.1) is 0 Å². The zero-order valence-corrected chi connectivity index (χ0v) is 9.58. The highest BCUT2D eigenvalue weighted by atomic mass is 16.4. The molecule has 7 heteroatoms. The van der Waals surface area contributed by atoms with E-state index in [1.807, 2.05) is 0 Å². The van der Waals surface area contributed by atoms with Crippen molar-refractivity contribution < 1.29 is 19.5 Å². The fraction of sp³-hybridized carbons (Fsp3) is 0.273. The van der Waals surface area contributed by atoms with E-state index in [0.717, 1.165) is 0 Å². The van der Waals surface area contributed by atoms with Crippen molar-refractivity contribution in [2.45, 2.75) is 12.5 Å². The van der Waals surface area contributed by atoms with Gasteiger partial charge < -0.3 is 10.4 Å². The minimum absolute atomic E-state index is 0.128. The second-order valence-corrected chi connectivity index (χ2v) is 3.98. The van der Waals surface area contributed by atoms with Crippen LogP contribution in [0, 0.1) is 0 Å². The zero-order chi connectivity index (χ0) is 13.3. The molecule has 1 unspecified atom stereocenters. The first-order chi connectivity index (χ1) is 8.48. The van der Waals surface area contributed by atoms with E-state index in [-0.39, 0.29) is 12.2 Å². The predicted molar refractivity (Wildman–Crippen MR) is 59.5 cm³/mol. The van der Waals surface area contributed by atoms with Gasteiger partial charge in [-0.25, -0.2) is 14.5 Å². The van der Waals surface area contributed by atoms with E-state index >= 15 is 0 Å². The van der Waals surface area contributed by atoms with Crippen LogP contribution >= 0.6 is 0 Å². The van der Waals surface area contributed by atoms with Gasteiger partial charge >= 0.3 is 12.0 Å². The zero-order valence-electron chi connectivity index (χ0n) is 9.58. The number of hydrogen-bond acceptors (Lipinski definition) is 4. The van der Waals surface area contributed by atoms with Crippen LogP contribution in [0.2, 0.25) is 0 Å². The number of imide groups is 1. The van der Waals surface area contributed by atoms with Crippen molar-refractivity contribution in [3.8, 4) is 0 Å². The second kappa shape index (κ2) is 4.10. The van der Waals surface area contributed by atoms with Crippen LogP contribution in [0.3, 0.4) is 0 Å². The van der Waals surface area contributed by atoms with Crippen molar-refractivity contribution in [1.82, 2.24) is 15.2 Å². The van der Waals surface area contributed by atoms with Crippen molar-refractivity contribution in [2.75, 3.05) is 6.54 Å². The van der Waals surface area contributed by atoms with Crippen molar-refractivity contribution >= 4 is 17.9 Å². The Bertz CT molecular complexity index is 500. The van der Waals surface area contributed by atoms with Crippen LogP contribution in [0.1, 0.15) is 12.6 Å². The van der Waals surface area contributed by atoms with E-state index in [2.05, 4.69) is 10.3 Å². The lowest BCUT2D eigenvalue weighted by Crippen LogP contribution is -2.53. The summed E-state index contributed by atoms with van der Waals surface area (Å²) in [5.74, 6) is -1.90. The molecule has 94 valence electrons. The van der Waals surface area contributed by atoms with Gasteiger partial charge in [-0.05, 0) is 19.1 Å². The molecule has 2 heterocycles. The molecule has 0 spiro atoms. The Morgan fingerprint density at radius 2 is 2.22 bits per heavy atom. The lowest BCUT2D eigenvalue weighted by Gasteiger charge is -2.31. The van der Waals surface area contributed by atoms with Gasteiger partial charge in [0.05, 0.1) is 12.2 Å². The third kappa shape index (κ3) is 1.60. The molecule has 0 radical (unpaired) electrons. The Hall–Kier alpha value is -2.44. The largest absolute Gasteiger partial charge is 0.479 e. The number of carbonyl (C=O) groups is 3. The van der Waals surface area contributed by atoms with Gasteiger partial charge in [-0.3, -0.25) is 9.78 Å². The Kier molecular flexibility index (Phi) is 2.74. The highest BCUT2D eigenvalue weighted by Gasteiger charge is 2.51. The van der Waals surface area contributed by atoms with Gasteiger partial charge in [0.25, 0.3) is 5.91 Å². The molecule has 3 amide bonds. The second-order valence-electron chi connectivity index (χ2n) is 3.98. The molecule has 1 aromatic rings. The van der Waals surface area contributed by atoms with Gasteiger partial charge in [-0.1, -0.05) is 6.07 Å². The summed E-state index contributed by atoms with van der Waals surface area (Å²) in [5.41, 5.74) is -1.68. The van der Waals surface area contributed by atoms with Gasteiger partial charge in [0.15, 0.2) is 5.54 Å². The molecule has 1 fully saturated rings. The number of amides is 3. The third-order valence-electron chi connectivity index (χ3n) is 2.87. The van der Waals surface area contributed by atoms with Crippen LogP contribution in [0.25, 0.3) is 0 Å². The van der Waals surface area contributed by atoms with E-state index in [4.69, 9.17) is 0 Å². The topological polar surface area (TPSA) is 99.6 Å². The molecule has 2 N–H and O–H groups in total. The Morgan fingerprint density at radius 1 is 1.50 bits per heavy atom. The van der Waals surface area contributed by atoms with E-state index in [9.17, 15) is 19.5 Å². The van der Waals surface area contributed by atoms with Crippen LogP contribution < -0.4 is 5.32 Å². The van der Waals surface area contributed by atoms with Crippen LogP contribution in [0.4, 0.5) is 4.79 Å². The van der Waals surface area contributed by atoms with Crippen LogP contribution in [-0.4, -0.2) is 39.4 Å². The SMILES string of the molecule is CC(C(=O)O)(c1ccccn1)N1C(=O)CNC1=O. The highest BCUT2D eigenvalue weighted by Crippen LogP contribution is 2.29. The van der Waals surface area contributed by atoms with Gasteiger partial charge in [-0.2, -0.15) is 0 Å². The first-order valence-corrected chi connectivity index (χ1v) is 5.23. The first kappa shape index (κ1) is 12.0. The van der Waals surface area contributed by atoms with Gasteiger partial charge in [0.2, 0.25) is 0 Å². The molecule has 2 rings (SSSR count).